The van der Waals surface area contributed by atoms with Crippen LogP contribution in [0.5, 0.6) is 0 Å². The number of hydrogen-bond donors (Lipinski definition) is 1. The third-order valence-corrected chi connectivity index (χ3v) is 2.18. The predicted octanol–water partition coefficient (Wildman–Crippen LogP) is 0.519. The molecule has 1 heterocycles. The van der Waals surface area contributed by atoms with Crippen LogP contribution in [0.15, 0.2) is 15.5 Å². The molecule has 0 fully saturated rings. The molecular weight excluding hydrogens is 250 g/mol. The summed E-state index contributed by atoms with van der Waals surface area (Å²) >= 11 is 3.12. The Morgan fingerprint density at radius 2 is 2.57 bits per heavy atom. The van der Waals surface area contributed by atoms with Crippen molar-refractivity contribution >= 4 is 21.6 Å². The van der Waals surface area contributed by atoms with Crippen molar-refractivity contribution in [1.82, 2.24) is 9.78 Å². The molecule has 1 rings (SSSR count). The molecule has 0 spiro atoms. The minimum atomic E-state index is -0.251. The van der Waals surface area contributed by atoms with E-state index < -0.39 is 0 Å². The number of halogens is 1. The molecule has 5 nitrogen and oxygen atoms in total. The Hall–Kier alpha value is -1.32. The highest BCUT2D eigenvalue weighted by atomic mass is 79.9. The van der Waals surface area contributed by atoms with Crippen LogP contribution in [0, 0.1) is 12.3 Å². The molecule has 1 aromatic heterocycles. The molecule has 1 N–H and O–H groups in total. The Morgan fingerprint density at radius 3 is 3.21 bits per heavy atom. The van der Waals surface area contributed by atoms with Crippen molar-refractivity contribution in [3.8, 4) is 12.3 Å². The second kappa shape index (κ2) is 4.79. The lowest BCUT2D eigenvalue weighted by molar-refractivity contribution is 0.233. The fourth-order valence-corrected chi connectivity index (χ4v) is 1.18. The molecule has 0 saturated heterocycles. The van der Waals surface area contributed by atoms with Gasteiger partial charge < -0.3 is 0 Å². The lowest BCUT2D eigenvalue weighted by Gasteiger charge is -2.06. The van der Waals surface area contributed by atoms with Crippen LogP contribution < -0.4 is 11.0 Å². The molecule has 6 heteroatoms. The van der Waals surface area contributed by atoms with Gasteiger partial charge in [0.15, 0.2) is 0 Å². The first kappa shape index (κ1) is 10.8. The topological polar surface area (TPSA) is 56.1 Å². The van der Waals surface area contributed by atoms with Crippen LogP contribution in [0.3, 0.4) is 0 Å². The first-order chi connectivity index (χ1) is 6.66. The summed E-state index contributed by atoms with van der Waals surface area (Å²) in [7, 11) is 1.55. The zero-order chi connectivity index (χ0) is 10.6. The molecule has 0 amide bonds. The maximum absolute atomic E-state index is 11.3. The number of anilines is 1. The zero-order valence-electron chi connectivity index (χ0n) is 7.45. The molecule has 0 atom stereocenters. The predicted molar refractivity (Wildman–Crippen MR) is 55.6 cm³/mol. The van der Waals surface area contributed by atoms with E-state index in [0.717, 1.165) is 0 Å². The lowest BCUT2D eigenvalue weighted by Crippen LogP contribution is -2.21. The molecule has 0 aliphatic rings. The van der Waals surface area contributed by atoms with Crippen LogP contribution in [0.2, 0.25) is 0 Å². The van der Waals surface area contributed by atoms with Gasteiger partial charge in [0.2, 0.25) is 0 Å². The zero-order valence-corrected chi connectivity index (χ0v) is 9.04. The molecule has 74 valence electrons. The second-order valence-electron chi connectivity index (χ2n) is 2.40. The fourth-order valence-electron chi connectivity index (χ4n) is 0.737. The third kappa shape index (κ3) is 2.34. The van der Waals surface area contributed by atoms with Gasteiger partial charge in [-0.2, -0.15) is 5.10 Å². The van der Waals surface area contributed by atoms with Crippen molar-refractivity contribution in [1.29, 1.82) is 0 Å². The number of aromatic nitrogens is 2. The van der Waals surface area contributed by atoms with Crippen LogP contribution in [-0.2, 0) is 11.9 Å². The van der Waals surface area contributed by atoms with E-state index in [0.29, 0.717) is 10.2 Å². The largest absolute Gasteiger partial charge is 0.282 e. The molecule has 0 unspecified atom stereocenters. The van der Waals surface area contributed by atoms with Crippen molar-refractivity contribution < 1.29 is 4.84 Å². The van der Waals surface area contributed by atoms with Gasteiger partial charge in [-0.25, -0.2) is 4.68 Å². The quantitative estimate of drug-likeness (QED) is 0.488. The van der Waals surface area contributed by atoms with Crippen LogP contribution in [-0.4, -0.2) is 16.4 Å². The summed E-state index contributed by atoms with van der Waals surface area (Å²) in [6.07, 6.45) is 6.44. The van der Waals surface area contributed by atoms with Gasteiger partial charge in [-0.05, 0) is 15.9 Å². The van der Waals surface area contributed by atoms with Gasteiger partial charge in [0.05, 0.1) is 6.20 Å². The van der Waals surface area contributed by atoms with Gasteiger partial charge >= 0.3 is 0 Å². The first-order valence-corrected chi connectivity index (χ1v) is 4.49. The Kier molecular flexibility index (Phi) is 3.68. The highest BCUT2D eigenvalue weighted by Crippen LogP contribution is 2.15. The Morgan fingerprint density at radius 1 is 1.86 bits per heavy atom. The summed E-state index contributed by atoms with van der Waals surface area (Å²) in [4.78, 5) is 16.2. The van der Waals surface area contributed by atoms with Crippen LogP contribution in [0.1, 0.15) is 0 Å². The number of rotatable bonds is 3. The monoisotopic (exact) mass is 257 g/mol. The van der Waals surface area contributed by atoms with Gasteiger partial charge in [0.1, 0.15) is 16.8 Å². The normalized spacial score (nSPS) is 9.50. The van der Waals surface area contributed by atoms with E-state index in [4.69, 9.17) is 11.3 Å². The molecule has 0 aromatic carbocycles. The average molecular weight is 258 g/mol. The number of nitrogens with zero attached hydrogens (tertiary/aromatic N) is 2. The molecular formula is C8H8BrN3O2. The van der Waals surface area contributed by atoms with E-state index >= 15 is 0 Å². The number of nitrogens with one attached hydrogen (secondary N) is 1. The number of terminal acetylenes is 1. The highest BCUT2D eigenvalue weighted by Gasteiger charge is 2.05. The first-order valence-electron chi connectivity index (χ1n) is 3.70. The summed E-state index contributed by atoms with van der Waals surface area (Å²) in [5.74, 6) is 2.28. The summed E-state index contributed by atoms with van der Waals surface area (Å²) in [5, 5.41) is 3.80. The Labute approximate surface area is 89.2 Å². The van der Waals surface area contributed by atoms with Crippen LogP contribution >= 0.6 is 15.9 Å². The fraction of sp³-hybridized carbons (Fsp3) is 0.250. The van der Waals surface area contributed by atoms with E-state index in [1.54, 1.807) is 7.05 Å². The van der Waals surface area contributed by atoms with Crippen molar-refractivity contribution in [3.63, 3.8) is 0 Å². The van der Waals surface area contributed by atoms with Crippen LogP contribution in [0.25, 0.3) is 0 Å². The van der Waals surface area contributed by atoms with Gasteiger partial charge in [-0.1, -0.05) is 5.92 Å². The maximum atomic E-state index is 11.3. The Balaban J connectivity index is 2.85. The summed E-state index contributed by atoms with van der Waals surface area (Å²) < 4.78 is 1.56. The van der Waals surface area contributed by atoms with Crippen LogP contribution in [0.4, 0.5) is 5.69 Å². The maximum Gasteiger partial charge on any atom is 0.282 e. The highest BCUT2D eigenvalue weighted by molar-refractivity contribution is 9.10. The number of aryl methyl sites for hydroxylation is 1. The molecule has 0 bridgehead atoms. The standard InChI is InChI=1S/C8H8BrN3O2/c1-3-4-14-11-6-5-10-12(2)8(13)7(6)9/h1,5,11H,4H2,2H3. The van der Waals surface area contributed by atoms with E-state index in [1.807, 2.05) is 0 Å². The van der Waals surface area contributed by atoms with Crippen molar-refractivity contribution in [2.45, 2.75) is 0 Å². The van der Waals surface area contributed by atoms with Crippen molar-refractivity contribution in [3.05, 3.63) is 21.0 Å². The molecule has 0 saturated carbocycles. The van der Waals surface area contributed by atoms with E-state index in [2.05, 4.69) is 32.4 Å². The second-order valence-corrected chi connectivity index (χ2v) is 3.19. The summed E-state index contributed by atoms with van der Waals surface area (Å²) in [6.45, 7) is 0.113. The molecule has 0 aliphatic heterocycles. The molecule has 1 aromatic rings. The number of hydrogen-bond acceptors (Lipinski definition) is 4. The van der Waals surface area contributed by atoms with Crippen molar-refractivity contribution in [2.24, 2.45) is 7.05 Å². The van der Waals surface area contributed by atoms with E-state index in [1.165, 1.54) is 10.9 Å². The Bertz CT molecular complexity index is 422. The summed E-state index contributed by atoms with van der Waals surface area (Å²) in [5.41, 5.74) is 2.71. The van der Waals surface area contributed by atoms with Crippen molar-refractivity contribution in [2.75, 3.05) is 12.1 Å². The van der Waals surface area contributed by atoms with Gasteiger partial charge in [-0.15, -0.1) is 6.42 Å². The minimum Gasteiger partial charge on any atom is -0.266 e. The van der Waals surface area contributed by atoms with Gasteiger partial charge in [0, 0.05) is 7.05 Å². The van der Waals surface area contributed by atoms with Gasteiger partial charge in [-0.3, -0.25) is 15.1 Å². The summed E-state index contributed by atoms with van der Waals surface area (Å²) in [6, 6.07) is 0. The third-order valence-electron chi connectivity index (χ3n) is 1.42. The van der Waals surface area contributed by atoms with E-state index in [-0.39, 0.29) is 12.2 Å². The molecule has 0 radical (unpaired) electrons. The van der Waals surface area contributed by atoms with E-state index in [9.17, 15) is 4.79 Å². The SMILES string of the molecule is C#CCONc1cnn(C)c(=O)c1Br. The molecule has 0 aliphatic carbocycles. The molecule has 14 heavy (non-hydrogen) atoms. The smallest absolute Gasteiger partial charge is 0.266 e. The lowest BCUT2D eigenvalue weighted by atomic mass is 10.5. The average Bonchev–Trinajstić information content (AvgIpc) is 2.18. The van der Waals surface area contributed by atoms with Gasteiger partial charge in [0.25, 0.3) is 5.56 Å². The minimum absolute atomic E-state index is 0.113.